The van der Waals surface area contributed by atoms with Crippen molar-refractivity contribution in [2.75, 3.05) is 14.1 Å². The third kappa shape index (κ3) is 2.22. The maximum absolute atomic E-state index is 11.6. The van der Waals surface area contributed by atoms with E-state index >= 15 is 0 Å². The van der Waals surface area contributed by atoms with Crippen molar-refractivity contribution in [2.45, 2.75) is 30.5 Å². The first kappa shape index (κ1) is 10.0. The van der Waals surface area contributed by atoms with E-state index in [1.54, 1.807) is 4.90 Å². The Bertz CT molecular complexity index is 170. The highest BCUT2D eigenvalue weighted by molar-refractivity contribution is 9.09. The van der Waals surface area contributed by atoms with E-state index < -0.39 is 0 Å². The zero-order valence-corrected chi connectivity index (χ0v) is 9.30. The van der Waals surface area contributed by atoms with Crippen LogP contribution in [0.3, 0.4) is 0 Å². The lowest BCUT2D eigenvalue weighted by molar-refractivity contribution is -0.133. The van der Waals surface area contributed by atoms with Gasteiger partial charge in [0.05, 0.1) is 5.92 Å². The van der Waals surface area contributed by atoms with Crippen molar-refractivity contribution in [3.05, 3.63) is 0 Å². The molecule has 1 aliphatic rings. The van der Waals surface area contributed by atoms with Gasteiger partial charge < -0.3 is 4.90 Å². The Morgan fingerprint density at radius 3 is 2.42 bits per heavy atom. The normalized spacial score (nSPS) is 29.9. The minimum absolute atomic E-state index is 0.216. The lowest BCUT2D eigenvalue weighted by atomic mass is 9.88. The maximum Gasteiger partial charge on any atom is 0.226 e. The van der Waals surface area contributed by atoms with Crippen LogP contribution in [0.5, 0.6) is 0 Å². The van der Waals surface area contributed by atoms with Gasteiger partial charge in [0.15, 0.2) is 0 Å². The van der Waals surface area contributed by atoms with Crippen molar-refractivity contribution in [1.82, 2.24) is 4.90 Å². The molecule has 2 nitrogen and oxygen atoms in total. The van der Waals surface area contributed by atoms with Gasteiger partial charge in [-0.1, -0.05) is 28.8 Å². The third-order valence-corrected chi connectivity index (χ3v) is 3.54. The molecule has 0 aliphatic heterocycles. The molecule has 0 unspecified atom stereocenters. The molecule has 2 atom stereocenters. The van der Waals surface area contributed by atoms with Crippen molar-refractivity contribution in [3.8, 4) is 0 Å². The van der Waals surface area contributed by atoms with Crippen LogP contribution < -0.4 is 0 Å². The molecule has 0 aromatic carbocycles. The van der Waals surface area contributed by atoms with Gasteiger partial charge in [-0.25, -0.2) is 0 Å². The summed E-state index contributed by atoms with van der Waals surface area (Å²) in [6.07, 6.45) is 4.65. The fraction of sp³-hybridized carbons (Fsp3) is 0.889. The van der Waals surface area contributed by atoms with Gasteiger partial charge in [0.2, 0.25) is 5.91 Å². The first-order valence-corrected chi connectivity index (χ1v) is 5.39. The molecular weight excluding hydrogens is 218 g/mol. The zero-order chi connectivity index (χ0) is 9.14. The number of carbonyl (C=O) groups is 1. The number of amides is 1. The van der Waals surface area contributed by atoms with E-state index in [1.807, 2.05) is 14.1 Å². The highest BCUT2D eigenvalue weighted by Crippen LogP contribution is 2.30. The first-order chi connectivity index (χ1) is 5.63. The number of halogens is 1. The molecule has 0 aromatic rings. The van der Waals surface area contributed by atoms with E-state index in [2.05, 4.69) is 15.9 Å². The Labute approximate surface area is 82.4 Å². The number of nitrogens with zero attached hydrogens (tertiary/aromatic N) is 1. The van der Waals surface area contributed by atoms with E-state index in [0.29, 0.717) is 4.83 Å². The van der Waals surface area contributed by atoms with Gasteiger partial charge in [-0.3, -0.25) is 4.79 Å². The van der Waals surface area contributed by atoms with Crippen molar-refractivity contribution in [2.24, 2.45) is 5.92 Å². The molecule has 0 N–H and O–H groups in total. The van der Waals surface area contributed by atoms with E-state index in [1.165, 1.54) is 12.8 Å². The number of rotatable bonds is 1. The SMILES string of the molecule is CN(C)C(=O)[C@H]1CCCC[C@@H]1Br. The second-order valence-electron chi connectivity index (χ2n) is 3.64. The van der Waals surface area contributed by atoms with Crippen LogP contribution >= 0.6 is 15.9 Å². The zero-order valence-electron chi connectivity index (χ0n) is 7.72. The van der Waals surface area contributed by atoms with Crippen LogP contribution in [0.15, 0.2) is 0 Å². The summed E-state index contributed by atoms with van der Waals surface area (Å²) < 4.78 is 0. The van der Waals surface area contributed by atoms with Gasteiger partial charge in [-0.15, -0.1) is 0 Å². The molecule has 70 valence electrons. The average Bonchev–Trinajstić information content (AvgIpc) is 2.04. The Hall–Kier alpha value is -0.0500. The molecular formula is C9H16BrNO. The summed E-state index contributed by atoms with van der Waals surface area (Å²) in [6, 6.07) is 0. The first-order valence-electron chi connectivity index (χ1n) is 4.48. The molecule has 0 saturated heterocycles. The van der Waals surface area contributed by atoms with Crippen LogP contribution in [0.25, 0.3) is 0 Å². The molecule has 12 heavy (non-hydrogen) atoms. The smallest absolute Gasteiger partial charge is 0.226 e. The topological polar surface area (TPSA) is 20.3 Å². The largest absolute Gasteiger partial charge is 0.349 e. The highest BCUT2D eigenvalue weighted by Gasteiger charge is 2.29. The fourth-order valence-corrected chi connectivity index (χ4v) is 2.51. The lowest BCUT2D eigenvalue weighted by Gasteiger charge is -2.28. The standard InChI is InChI=1S/C9H16BrNO/c1-11(2)9(12)7-5-3-4-6-8(7)10/h7-8H,3-6H2,1-2H3/t7-,8-/m0/s1. The minimum atomic E-state index is 0.216. The van der Waals surface area contributed by atoms with Crippen LogP contribution in [0, 0.1) is 5.92 Å². The summed E-state index contributed by atoms with van der Waals surface area (Å²) in [7, 11) is 3.66. The molecule has 0 bridgehead atoms. The molecule has 0 spiro atoms. The van der Waals surface area contributed by atoms with Crippen molar-refractivity contribution in [1.29, 1.82) is 0 Å². The molecule has 1 amide bonds. The average molecular weight is 234 g/mol. The summed E-state index contributed by atoms with van der Waals surface area (Å²) in [5.74, 6) is 0.491. The van der Waals surface area contributed by atoms with Crippen LogP contribution in [0.2, 0.25) is 0 Å². The van der Waals surface area contributed by atoms with Crippen LogP contribution in [-0.2, 0) is 4.79 Å². The number of hydrogen-bond donors (Lipinski definition) is 0. The Morgan fingerprint density at radius 1 is 1.33 bits per heavy atom. The summed E-state index contributed by atoms with van der Waals surface area (Å²) in [5.41, 5.74) is 0. The van der Waals surface area contributed by atoms with Gasteiger partial charge in [0, 0.05) is 18.9 Å². The molecule has 0 aromatic heterocycles. The molecule has 3 heteroatoms. The van der Waals surface area contributed by atoms with Crippen LogP contribution in [0.1, 0.15) is 25.7 Å². The number of hydrogen-bond acceptors (Lipinski definition) is 1. The quantitative estimate of drug-likeness (QED) is 0.635. The van der Waals surface area contributed by atoms with Gasteiger partial charge in [0.25, 0.3) is 0 Å². The van der Waals surface area contributed by atoms with E-state index in [-0.39, 0.29) is 11.8 Å². The monoisotopic (exact) mass is 233 g/mol. The number of carbonyl (C=O) groups excluding carboxylic acids is 1. The van der Waals surface area contributed by atoms with Gasteiger partial charge in [-0.2, -0.15) is 0 Å². The molecule has 1 rings (SSSR count). The molecule has 0 heterocycles. The van der Waals surface area contributed by atoms with E-state index in [0.717, 1.165) is 12.8 Å². The summed E-state index contributed by atoms with van der Waals surface area (Å²) in [6.45, 7) is 0. The second kappa shape index (κ2) is 4.26. The highest BCUT2D eigenvalue weighted by atomic mass is 79.9. The third-order valence-electron chi connectivity index (χ3n) is 2.44. The van der Waals surface area contributed by atoms with Crippen LogP contribution in [-0.4, -0.2) is 29.7 Å². The predicted molar refractivity (Wildman–Crippen MR) is 53.4 cm³/mol. The predicted octanol–water partition coefficient (Wildman–Crippen LogP) is 2.03. The van der Waals surface area contributed by atoms with E-state index in [9.17, 15) is 4.79 Å². The summed E-state index contributed by atoms with van der Waals surface area (Å²) in [4.78, 5) is 13.7. The fourth-order valence-electron chi connectivity index (χ4n) is 1.70. The second-order valence-corrected chi connectivity index (χ2v) is 4.82. The summed E-state index contributed by atoms with van der Waals surface area (Å²) in [5, 5.41) is 0. The van der Waals surface area contributed by atoms with Gasteiger partial charge >= 0.3 is 0 Å². The van der Waals surface area contributed by atoms with Gasteiger partial charge in [0.1, 0.15) is 0 Å². The molecule has 1 fully saturated rings. The molecule has 1 saturated carbocycles. The van der Waals surface area contributed by atoms with Crippen molar-refractivity contribution < 1.29 is 4.79 Å². The molecule has 1 aliphatic carbocycles. The molecule has 0 radical (unpaired) electrons. The minimum Gasteiger partial charge on any atom is -0.349 e. The van der Waals surface area contributed by atoms with E-state index in [4.69, 9.17) is 0 Å². The Morgan fingerprint density at radius 2 is 1.92 bits per heavy atom. The summed E-state index contributed by atoms with van der Waals surface area (Å²) >= 11 is 3.58. The van der Waals surface area contributed by atoms with Crippen LogP contribution in [0.4, 0.5) is 0 Å². The lowest BCUT2D eigenvalue weighted by Crippen LogP contribution is -2.36. The van der Waals surface area contributed by atoms with Crippen molar-refractivity contribution in [3.63, 3.8) is 0 Å². The Kier molecular flexibility index (Phi) is 3.56. The van der Waals surface area contributed by atoms with Gasteiger partial charge in [-0.05, 0) is 12.8 Å². The number of alkyl halides is 1. The van der Waals surface area contributed by atoms with Crippen molar-refractivity contribution >= 4 is 21.8 Å². The Balaban J connectivity index is 2.53. The maximum atomic E-state index is 11.6.